The van der Waals surface area contributed by atoms with Crippen LogP contribution < -0.4 is 31.8 Å². The van der Waals surface area contributed by atoms with Crippen molar-refractivity contribution in [2.45, 2.75) is 12.8 Å². The third-order valence-electron chi connectivity index (χ3n) is 9.81. The number of aliphatic hydroxyl groups excluding tert-OH is 2. The molecule has 6 rings (SSSR count). The van der Waals surface area contributed by atoms with Crippen molar-refractivity contribution >= 4 is 55.9 Å². The molecule has 0 aliphatic carbocycles. The van der Waals surface area contributed by atoms with Crippen LogP contribution in [0.3, 0.4) is 0 Å². The Kier molecular flexibility index (Phi) is 11.0. The summed E-state index contributed by atoms with van der Waals surface area (Å²) in [7, 11) is -5.01. The Morgan fingerprint density at radius 2 is 0.569 bits per heavy atom. The van der Waals surface area contributed by atoms with Gasteiger partial charge in [0.15, 0.2) is 0 Å². The molecule has 6 aromatic carbocycles. The van der Waals surface area contributed by atoms with Crippen molar-refractivity contribution in [3.63, 3.8) is 0 Å². The summed E-state index contributed by atoms with van der Waals surface area (Å²) in [6.45, 7) is -9.44. The summed E-state index contributed by atoms with van der Waals surface area (Å²) in [5.41, 5.74) is 0. The van der Waals surface area contributed by atoms with Gasteiger partial charge in [-0.2, -0.15) is 0 Å². The number of benzene rings is 6. The molecule has 0 aliphatic heterocycles. The molecule has 0 bridgehead atoms. The second kappa shape index (κ2) is 15.3. The molecule has 0 spiro atoms. The van der Waals surface area contributed by atoms with Crippen LogP contribution in [0.15, 0.2) is 182 Å². The van der Waals surface area contributed by atoms with E-state index in [1.807, 2.05) is 182 Å². The first-order valence-electron chi connectivity index (χ1n) is 17.1. The van der Waals surface area contributed by atoms with Crippen LogP contribution in [0.1, 0.15) is 12.8 Å². The second-order valence-electron chi connectivity index (χ2n) is 12.6. The fourth-order valence-corrected chi connectivity index (χ4v) is 23.5. The summed E-state index contributed by atoms with van der Waals surface area (Å²) in [4.78, 5) is 0. The summed E-state index contributed by atoms with van der Waals surface area (Å²) in [6, 6.07) is 57.0. The number of hydrogen-bond donors (Lipinski definition) is 2. The van der Waals surface area contributed by atoms with E-state index in [4.69, 9.17) is 7.94 Å². The molecule has 0 fully saturated rings. The van der Waals surface area contributed by atoms with Gasteiger partial charge in [0, 0.05) is 0 Å². The normalized spacial score (nSPS) is 13.8. The van der Waals surface area contributed by atoms with Gasteiger partial charge in [-0.05, 0) is 0 Å². The van der Waals surface area contributed by atoms with Gasteiger partial charge in [0.1, 0.15) is 0 Å². The first-order valence-corrected chi connectivity index (χ1v) is 23.1. The molecular weight excluding hydrogens is 694 g/mol. The Labute approximate surface area is 301 Å². The standard InChI is InChI=1S/C42H44O6P2S/c43-33-19-35-49(37-21-7-1-8-22-37,38-23-9-2-10-24-38,39-25-11-3-12-26-39)47-51(45,46)48-50(36-20-34-44,40-27-13-4-14-28-40,41-29-15-5-16-30-41)42-31-17-6-18-32-42/h1-18,21-32,43-44H,19-20,33-36H2. The number of rotatable bonds is 16. The van der Waals surface area contributed by atoms with Crippen molar-refractivity contribution in [3.05, 3.63) is 182 Å². The van der Waals surface area contributed by atoms with Crippen LogP contribution in [0.2, 0.25) is 0 Å². The molecule has 0 radical (unpaired) electrons. The Morgan fingerprint density at radius 3 is 0.745 bits per heavy atom. The molecule has 0 atom stereocenters. The van der Waals surface area contributed by atoms with Gasteiger partial charge in [0.05, 0.1) is 0 Å². The summed E-state index contributed by atoms with van der Waals surface area (Å²) < 4.78 is 45.7. The van der Waals surface area contributed by atoms with Gasteiger partial charge in [-0.25, -0.2) is 0 Å². The predicted molar refractivity (Wildman–Crippen MR) is 215 cm³/mol. The molecule has 51 heavy (non-hydrogen) atoms. The van der Waals surface area contributed by atoms with Crippen LogP contribution in [-0.2, 0) is 18.3 Å². The second-order valence-corrected chi connectivity index (χ2v) is 23.5. The number of aliphatic hydroxyl groups is 2. The Hall–Kier alpha value is -4.03. The van der Waals surface area contributed by atoms with Crippen molar-refractivity contribution in [2.75, 3.05) is 25.5 Å². The topological polar surface area (TPSA) is 93.1 Å². The van der Waals surface area contributed by atoms with E-state index >= 15 is 8.42 Å². The molecule has 264 valence electrons. The minimum atomic E-state index is -5.01. The first-order chi connectivity index (χ1) is 24.8. The van der Waals surface area contributed by atoms with E-state index in [0.29, 0.717) is 31.8 Å². The Bertz CT molecular complexity index is 1760. The van der Waals surface area contributed by atoms with Crippen molar-refractivity contribution in [1.82, 2.24) is 0 Å². The molecule has 0 saturated carbocycles. The van der Waals surface area contributed by atoms with Crippen LogP contribution >= 0.6 is 13.7 Å². The van der Waals surface area contributed by atoms with Crippen LogP contribution in [0.4, 0.5) is 0 Å². The van der Waals surface area contributed by atoms with Crippen LogP contribution in [-0.4, -0.2) is 44.2 Å². The number of hydrogen-bond acceptors (Lipinski definition) is 6. The summed E-state index contributed by atoms with van der Waals surface area (Å²) in [5, 5.41) is 25.0. The zero-order valence-corrected chi connectivity index (χ0v) is 31.0. The van der Waals surface area contributed by atoms with Crippen molar-refractivity contribution < 1.29 is 26.6 Å². The predicted octanol–water partition coefficient (Wildman–Crippen LogP) is 5.92. The SMILES string of the molecule is O=S(=O)(OP(CCCO)(c1ccccc1)(c1ccccc1)c1ccccc1)OP(CCCO)(c1ccccc1)(c1ccccc1)c1ccccc1. The average molecular weight is 739 g/mol. The fraction of sp³-hybridized carbons (Fsp3) is 0.143. The third-order valence-corrected chi connectivity index (χ3v) is 24.6. The summed E-state index contributed by atoms with van der Waals surface area (Å²) in [6.07, 6.45) is 0.904. The summed E-state index contributed by atoms with van der Waals surface area (Å²) in [5.74, 6) is 0. The molecule has 0 heterocycles. The zero-order chi connectivity index (χ0) is 35.7. The quantitative estimate of drug-likeness (QED) is 0.120. The van der Waals surface area contributed by atoms with Crippen LogP contribution in [0.25, 0.3) is 0 Å². The van der Waals surface area contributed by atoms with E-state index in [1.165, 1.54) is 0 Å². The maximum atomic E-state index is 15.7. The Balaban J connectivity index is 1.75. The van der Waals surface area contributed by atoms with Crippen molar-refractivity contribution in [1.29, 1.82) is 0 Å². The minimum absolute atomic E-state index is 0.178. The summed E-state index contributed by atoms with van der Waals surface area (Å²) >= 11 is 0. The molecule has 0 aromatic heterocycles. The van der Waals surface area contributed by atoms with Crippen LogP contribution in [0, 0.1) is 0 Å². The van der Waals surface area contributed by atoms with Gasteiger partial charge in [0.25, 0.3) is 0 Å². The molecule has 6 nitrogen and oxygen atoms in total. The molecule has 0 saturated heterocycles. The Morgan fingerprint density at radius 1 is 0.373 bits per heavy atom. The maximum absolute atomic E-state index is 15.7. The fourth-order valence-electron chi connectivity index (χ4n) is 7.62. The van der Waals surface area contributed by atoms with Crippen molar-refractivity contribution in [2.24, 2.45) is 0 Å². The van der Waals surface area contributed by atoms with E-state index < -0.39 is 24.1 Å². The van der Waals surface area contributed by atoms with Gasteiger partial charge < -0.3 is 0 Å². The molecule has 0 unspecified atom stereocenters. The van der Waals surface area contributed by atoms with Gasteiger partial charge in [0.2, 0.25) is 0 Å². The molecule has 6 aromatic rings. The first kappa shape index (κ1) is 36.8. The average Bonchev–Trinajstić information content (AvgIpc) is 3.20. The van der Waals surface area contributed by atoms with E-state index in [1.54, 1.807) is 0 Å². The van der Waals surface area contributed by atoms with E-state index in [9.17, 15) is 10.2 Å². The molecule has 9 heteroatoms. The third kappa shape index (κ3) is 6.39. The van der Waals surface area contributed by atoms with Crippen molar-refractivity contribution in [3.8, 4) is 0 Å². The monoisotopic (exact) mass is 738 g/mol. The zero-order valence-electron chi connectivity index (χ0n) is 28.4. The van der Waals surface area contributed by atoms with E-state index in [0.717, 1.165) is 0 Å². The molecule has 0 aliphatic rings. The molecular formula is C42H44O6P2S. The molecule has 2 N–H and O–H groups in total. The van der Waals surface area contributed by atoms with Crippen LogP contribution in [0.5, 0.6) is 0 Å². The van der Waals surface area contributed by atoms with Gasteiger partial charge in [-0.3, -0.25) is 0 Å². The van der Waals surface area contributed by atoms with E-state index in [-0.39, 0.29) is 38.4 Å². The van der Waals surface area contributed by atoms with E-state index in [2.05, 4.69) is 0 Å². The van der Waals surface area contributed by atoms with Gasteiger partial charge in [-0.15, -0.1) is 0 Å². The molecule has 0 amide bonds. The van der Waals surface area contributed by atoms with Gasteiger partial charge in [-0.1, -0.05) is 0 Å². The van der Waals surface area contributed by atoms with Gasteiger partial charge >= 0.3 is 303 Å².